The van der Waals surface area contributed by atoms with Crippen LogP contribution in [0.5, 0.6) is 0 Å². The number of nitrogens with one attached hydrogen (secondary N) is 2. The Hall–Kier alpha value is -3.71. The average molecular weight is 496 g/mol. The third kappa shape index (κ3) is 5.09. The minimum atomic E-state index is -0.0213. The maximum atomic E-state index is 12.9. The number of carbonyl (C=O) groups is 2. The largest absolute Gasteiger partial charge is 0.358 e. The molecule has 2 saturated heterocycles. The molecule has 190 valence electrons. The van der Waals surface area contributed by atoms with Crippen LogP contribution >= 0.6 is 0 Å². The first kappa shape index (κ1) is 23.7. The summed E-state index contributed by atoms with van der Waals surface area (Å²) in [6.45, 7) is 4.87. The number of pyridine rings is 1. The second-order valence-electron chi connectivity index (χ2n) is 10.3. The Morgan fingerprint density at radius 3 is 2.68 bits per heavy atom. The van der Waals surface area contributed by atoms with Crippen molar-refractivity contribution in [3.05, 3.63) is 71.6 Å². The Bertz CT molecular complexity index is 1320. The topological polar surface area (TPSA) is 81.3 Å². The number of rotatable bonds is 6. The van der Waals surface area contributed by atoms with Crippen molar-refractivity contribution >= 4 is 17.9 Å². The summed E-state index contributed by atoms with van der Waals surface area (Å²) in [6.07, 6.45) is 11.0. The van der Waals surface area contributed by atoms with E-state index >= 15 is 0 Å². The van der Waals surface area contributed by atoms with Gasteiger partial charge in [0.05, 0.1) is 11.3 Å². The molecule has 0 aliphatic carbocycles. The van der Waals surface area contributed by atoms with Gasteiger partial charge >= 0.3 is 0 Å². The molecule has 3 aliphatic heterocycles. The van der Waals surface area contributed by atoms with Crippen LogP contribution in [0.1, 0.15) is 47.3 Å². The monoisotopic (exact) mass is 495 g/mol. The average Bonchev–Trinajstić information content (AvgIpc) is 3.70. The molecule has 0 spiro atoms. The van der Waals surface area contributed by atoms with Gasteiger partial charge in [0.1, 0.15) is 0 Å². The predicted molar refractivity (Wildman–Crippen MR) is 145 cm³/mol. The molecule has 7 heteroatoms. The summed E-state index contributed by atoms with van der Waals surface area (Å²) in [6, 6.07) is 14.4. The molecule has 2 aromatic heterocycles. The van der Waals surface area contributed by atoms with Crippen molar-refractivity contribution in [1.82, 2.24) is 25.1 Å². The second kappa shape index (κ2) is 10.3. The Labute approximate surface area is 217 Å². The number of H-pyrrole nitrogens is 1. The zero-order chi connectivity index (χ0) is 25.2. The van der Waals surface area contributed by atoms with Gasteiger partial charge < -0.3 is 20.1 Å². The van der Waals surface area contributed by atoms with Gasteiger partial charge in [0.25, 0.3) is 5.91 Å². The highest BCUT2D eigenvalue weighted by molar-refractivity contribution is 5.98. The van der Waals surface area contributed by atoms with Crippen LogP contribution in [0.3, 0.4) is 0 Å². The van der Waals surface area contributed by atoms with Gasteiger partial charge in [-0.2, -0.15) is 0 Å². The highest BCUT2D eigenvalue weighted by Crippen LogP contribution is 2.27. The molecule has 0 unspecified atom stereocenters. The van der Waals surface area contributed by atoms with Gasteiger partial charge in [-0.25, -0.2) is 0 Å². The first-order valence-electron chi connectivity index (χ1n) is 13.4. The van der Waals surface area contributed by atoms with Gasteiger partial charge in [0.2, 0.25) is 5.91 Å². The maximum Gasteiger partial charge on any atom is 0.253 e. The fourth-order valence-corrected chi connectivity index (χ4v) is 5.81. The zero-order valence-electron chi connectivity index (χ0n) is 21.1. The lowest BCUT2D eigenvalue weighted by Gasteiger charge is -2.27. The van der Waals surface area contributed by atoms with Gasteiger partial charge in [-0.15, -0.1) is 0 Å². The Morgan fingerprint density at radius 1 is 1.03 bits per heavy atom. The van der Waals surface area contributed by atoms with E-state index in [9.17, 15) is 9.59 Å². The van der Waals surface area contributed by atoms with E-state index in [4.69, 9.17) is 0 Å². The highest BCUT2D eigenvalue weighted by Gasteiger charge is 2.29. The van der Waals surface area contributed by atoms with E-state index in [-0.39, 0.29) is 11.8 Å². The van der Waals surface area contributed by atoms with Crippen molar-refractivity contribution in [3.63, 3.8) is 0 Å². The SMILES string of the molecule is O=C1NCCc2[nH]c(-c3ccnc(-c4ccc(C=CC(=O)N5CCC[C@@H]5CN5CCCC5)cc4)c3)cc21. The van der Waals surface area contributed by atoms with Crippen molar-refractivity contribution in [2.75, 3.05) is 32.7 Å². The molecule has 6 rings (SSSR count). The number of amides is 2. The van der Waals surface area contributed by atoms with Gasteiger partial charge in [-0.05, 0) is 68.6 Å². The normalized spacial score (nSPS) is 19.9. The molecule has 2 fully saturated rings. The summed E-state index contributed by atoms with van der Waals surface area (Å²) in [7, 11) is 0. The molecule has 0 radical (unpaired) electrons. The number of hydrogen-bond acceptors (Lipinski definition) is 4. The number of benzene rings is 1. The molecule has 0 bridgehead atoms. The number of fused-ring (bicyclic) bond motifs is 1. The van der Waals surface area contributed by atoms with E-state index < -0.39 is 0 Å². The lowest BCUT2D eigenvalue weighted by atomic mass is 10.0. The summed E-state index contributed by atoms with van der Waals surface area (Å²) >= 11 is 0. The Kier molecular flexibility index (Phi) is 6.62. The Balaban J connectivity index is 1.13. The summed E-state index contributed by atoms with van der Waals surface area (Å²) in [5.74, 6) is 0.0921. The number of aromatic amines is 1. The fourth-order valence-electron chi connectivity index (χ4n) is 5.81. The number of hydrogen-bond donors (Lipinski definition) is 2. The van der Waals surface area contributed by atoms with Crippen LogP contribution in [0.15, 0.2) is 54.7 Å². The molecule has 7 nitrogen and oxygen atoms in total. The summed E-state index contributed by atoms with van der Waals surface area (Å²) in [4.78, 5) is 37.6. The van der Waals surface area contributed by atoms with Crippen LogP contribution in [-0.2, 0) is 11.2 Å². The van der Waals surface area contributed by atoms with Crippen LogP contribution in [0.4, 0.5) is 0 Å². The van der Waals surface area contributed by atoms with Crippen molar-refractivity contribution in [3.8, 4) is 22.5 Å². The van der Waals surface area contributed by atoms with E-state index in [1.165, 1.54) is 25.9 Å². The standard InChI is InChI=1S/C30H33N5O2/c36-29(35-17-3-4-24(35)20-34-15-1-2-16-34)10-7-21-5-8-22(9-6-21)27-18-23(11-13-31-27)28-19-25-26(33-28)12-14-32-30(25)37/h5-11,13,18-19,24,33H,1-4,12,14-17,20H2,(H,32,37)/t24-/m1/s1. The molecule has 2 amide bonds. The number of carbonyl (C=O) groups excluding carboxylic acids is 2. The summed E-state index contributed by atoms with van der Waals surface area (Å²) in [5.41, 5.74) is 6.49. The fraction of sp³-hybridized carbons (Fsp3) is 0.367. The minimum Gasteiger partial charge on any atom is -0.358 e. The molecule has 5 heterocycles. The minimum absolute atomic E-state index is 0.0213. The molecule has 0 saturated carbocycles. The van der Waals surface area contributed by atoms with E-state index in [1.807, 2.05) is 48.5 Å². The van der Waals surface area contributed by atoms with Crippen LogP contribution in [0, 0.1) is 0 Å². The van der Waals surface area contributed by atoms with E-state index in [0.29, 0.717) is 12.6 Å². The van der Waals surface area contributed by atoms with Gasteiger partial charge in [-0.1, -0.05) is 24.3 Å². The lowest BCUT2D eigenvalue weighted by molar-refractivity contribution is -0.127. The molecule has 2 N–H and O–H groups in total. The third-order valence-electron chi connectivity index (χ3n) is 7.83. The number of nitrogens with zero attached hydrogens (tertiary/aromatic N) is 3. The van der Waals surface area contributed by atoms with Gasteiger partial charge in [-0.3, -0.25) is 14.6 Å². The maximum absolute atomic E-state index is 12.9. The molecular formula is C30H33N5O2. The zero-order valence-corrected chi connectivity index (χ0v) is 21.1. The molecule has 3 aromatic rings. The third-order valence-corrected chi connectivity index (χ3v) is 7.83. The van der Waals surface area contributed by atoms with Crippen molar-refractivity contribution in [2.45, 2.75) is 38.1 Å². The lowest BCUT2D eigenvalue weighted by Crippen LogP contribution is -2.41. The van der Waals surface area contributed by atoms with Crippen molar-refractivity contribution in [1.29, 1.82) is 0 Å². The quantitative estimate of drug-likeness (QED) is 0.504. The number of likely N-dealkylation sites (tertiary alicyclic amines) is 2. The smallest absolute Gasteiger partial charge is 0.253 e. The molecule has 1 aromatic carbocycles. The summed E-state index contributed by atoms with van der Waals surface area (Å²) < 4.78 is 0. The van der Waals surface area contributed by atoms with Crippen LogP contribution in [0.2, 0.25) is 0 Å². The second-order valence-corrected chi connectivity index (χ2v) is 10.3. The first-order chi connectivity index (χ1) is 18.1. The molecule has 37 heavy (non-hydrogen) atoms. The van der Waals surface area contributed by atoms with Gasteiger partial charge in [0.15, 0.2) is 0 Å². The summed E-state index contributed by atoms with van der Waals surface area (Å²) in [5, 5.41) is 2.89. The van der Waals surface area contributed by atoms with Crippen LogP contribution in [0.25, 0.3) is 28.6 Å². The highest BCUT2D eigenvalue weighted by atomic mass is 16.2. The molecule has 1 atom stereocenters. The van der Waals surface area contributed by atoms with Gasteiger partial charge in [0, 0.05) is 66.9 Å². The molecular weight excluding hydrogens is 462 g/mol. The molecule has 3 aliphatic rings. The van der Waals surface area contributed by atoms with E-state index in [0.717, 1.165) is 71.7 Å². The predicted octanol–water partition coefficient (Wildman–Crippen LogP) is 4.13. The van der Waals surface area contributed by atoms with E-state index in [2.05, 4.69) is 25.1 Å². The van der Waals surface area contributed by atoms with Crippen LogP contribution < -0.4 is 5.32 Å². The first-order valence-corrected chi connectivity index (χ1v) is 13.4. The number of aromatic nitrogens is 2. The van der Waals surface area contributed by atoms with Crippen molar-refractivity contribution in [2.24, 2.45) is 0 Å². The van der Waals surface area contributed by atoms with Crippen LogP contribution in [-0.4, -0.2) is 70.3 Å². The van der Waals surface area contributed by atoms with Crippen molar-refractivity contribution < 1.29 is 9.59 Å². The van der Waals surface area contributed by atoms with E-state index in [1.54, 1.807) is 12.3 Å². The Morgan fingerprint density at radius 2 is 1.86 bits per heavy atom.